The maximum atomic E-state index is 12.6. The van der Waals surface area contributed by atoms with E-state index in [0.717, 1.165) is 25.2 Å². The molecular weight excluding hydrogens is 268 g/mol. The molecule has 1 N–H and O–H groups in total. The molecule has 6 nitrogen and oxygen atoms in total. The third-order valence-corrected chi connectivity index (χ3v) is 3.55. The molecule has 0 unspecified atom stereocenters. The zero-order chi connectivity index (χ0) is 14.8. The summed E-state index contributed by atoms with van der Waals surface area (Å²) in [6, 6.07) is 7.69. The van der Waals surface area contributed by atoms with E-state index >= 15 is 0 Å². The fourth-order valence-electron chi connectivity index (χ4n) is 2.51. The van der Waals surface area contributed by atoms with Crippen LogP contribution in [0.3, 0.4) is 0 Å². The van der Waals surface area contributed by atoms with Crippen molar-refractivity contribution in [3.05, 3.63) is 35.7 Å². The highest BCUT2D eigenvalue weighted by Crippen LogP contribution is 2.18. The molecule has 0 spiro atoms. The van der Waals surface area contributed by atoms with E-state index in [1.54, 1.807) is 6.92 Å². The van der Waals surface area contributed by atoms with Crippen LogP contribution >= 0.6 is 0 Å². The SMILES string of the molecule is Cc1nc(-c2cccc(C(=O)N3CCN[C@@H](C)C3)c2)no1. The minimum Gasteiger partial charge on any atom is -0.339 e. The number of nitrogens with one attached hydrogen (secondary N) is 1. The fraction of sp³-hybridized carbons (Fsp3) is 0.400. The third-order valence-electron chi connectivity index (χ3n) is 3.55. The fourth-order valence-corrected chi connectivity index (χ4v) is 2.51. The molecule has 2 heterocycles. The van der Waals surface area contributed by atoms with E-state index in [2.05, 4.69) is 22.4 Å². The Morgan fingerprint density at radius 2 is 2.33 bits per heavy atom. The van der Waals surface area contributed by atoms with Gasteiger partial charge in [-0.25, -0.2) is 0 Å². The number of carbonyl (C=O) groups excluding carboxylic acids is 1. The smallest absolute Gasteiger partial charge is 0.253 e. The van der Waals surface area contributed by atoms with Crippen LogP contribution in [-0.4, -0.2) is 46.6 Å². The molecule has 0 radical (unpaired) electrons. The average molecular weight is 286 g/mol. The summed E-state index contributed by atoms with van der Waals surface area (Å²) in [5.41, 5.74) is 1.45. The van der Waals surface area contributed by atoms with Crippen molar-refractivity contribution in [3.63, 3.8) is 0 Å². The molecule has 0 bridgehead atoms. The van der Waals surface area contributed by atoms with Crippen LogP contribution < -0.4 is 5.32 Å². The number of piperazine rings is 1. The van der Waals surface area contributed by atoms with Crippen molar-refractivity contribution >= 4 is 5.91 Å². The van der Waals surface area contributed by atoms with Crippen LogP contribution in [0.1, 0.15) is 23.2 Å². The van der Waals surface area contributed by atoms with Crippen molar-refractivity contribution in [1.82, 2.24) is 20.4 Å². The normalized spacial score (nSPS) is 18.8. The van der Waals surface area contributed by atoms with Crippen molar-refractivity contribution in [2.24, 2.45) is 0 Å². The van der Waals surface area contributed by atoms with Crippen LogP contribution in [0.5, 0.6) is 0 Å². The second-order valence-electron chi connectivity index (χ2n) is 5.32. The van der Waals surface area contributed by atoms with Gasteiger partial charge in [-0.15, -0.1) is 0 Å². The Morgan fingerprint density at radius 1 is 1.48 bits per heavy atom. The summed E-state index contributed by atoms with van der Waals surface area (Å²) in [5.74, 6) is 1.07. The van der Waals surface area contributed by atoms with E-state index in [0.29, 0.717) is 23.3 Å². The quantitative estimate of drug-likeness (QED) is 0.905. The van der Waals surface area contributed by atoms with Crippen LogP contribution in [-0.2, 0) is 0 Å². The lowest BCUT2D eigenvalue weighted by Crippen LogP contribution is -2.51. The number of nitrogens with zero attached hydrogens (tertiary/aromatic N) is 3. The van der Waals surface area contributed by atoms with Gasteiger partial charge in [0.15, 0.2) is 0 Å². The lowest BCUT2D eigenvalue weighted by molar-refractivity contribution is 0.0709. The predicted octanol–water partition coefficient (Wildman–Crippen LogP) is 1.48. The van der Waals surface area contributed by atoms with E-state index in [9.17, 15) is 4.79 Å². The Hall–Kier alpha value is -2.21. The first-order valence-corrected chi connectivity index (χ1v) is 7.07. The van der Waals surface area contributed by atoms with E-state index in [1.807, 2.05) is 29.2 Å². The second-order valence-corrected chi connectivity index (χ2v) is 5.32. The molecule has 2 aromatic rings. The molecule has 0 aliphatic carbocycles. The Labute approximate surface area is 123 Å². The Morgan fingerprint density at radius 3 is 3.05 bits per heavy atom. The maximum Gasteiger partial charge on any atom is 0.253 e. The van der Waals surface area contributed by atoms with Crippen LogP contribution in [0.15, 0.2) is 28.8 Å². The summed E-state index contributed by atoms with van der Waals surface area (Å²) < 4.78 is 4.98. The molecule has 110 valence electrons. The van der Waals surface area contributed by atoms with Crippen molar-refractivity contribution in [1.29, 1.82) is 0 Å². The largest absolute Gasteiger partial charge is 0.339 e. The monoisotopic (exact) mass is 286 g/mol. The van der Waals surface area contributed by atoms with Gasteiger partial charge in [0.05, 0.1) is 0 Å². The number of amides is 1. The van der Waals surface area contributed by atoms with Crippen molar-refractivity contribution in [2.75, 3.05) is 19.6 Å². The number of aryl methyl sites for hydroxylation is 1. The van der Waals surface area contributed by atoms with E-state index in [1.165, 1.54) is 0 Å². The van der Waals surface area contributed by atoms with Crippen molar-refractivity contribution in [2.45, 2.75) is 19.9 Å². The van der Waals surface area contributed by atoms with Crippen LogP contribution in [0.2, 0.25) is 0 Å². The van der Waals surface area contributed by atoms with Gasteiger partial charge in [0.1, 0.15) is 0 Å². The van der Waals surface area contributed by atoms with E-state index in [4.69, 9.17) is 4.52 Å². The molecule has 3 rings (SSSR count). The summed E-state index contributed by atoms with van der Waals surface area (Å²) in [7, 11) is 0. The first kappa shape index (κ1) is 13.8. The third kappa shape index (κ3) is 2.95. The minimum atomic E-state index is 0.0467. The summed E-state index contributed by atoms with van der Waals surface area (Å²) in [6.45, 7) is 6.11. The van der Waals surface area contributed by atoms with Gasteiger partial charge in [-0.05, 0) is 19.1 Å². The number of aromatic nitrogens is 2. The summed E-state index contributed by atoms with van der Waals surface area (Å²) in [5, 5.41) is 7.22. The molecule has 1 amide bonds. The van der Waals surface area contributed by atoms with E-state index in [-0.39, 0.29) is 5.91 Å². The van der Waals surface area contributed by atoms with Crippen molar-refractivity contribution < 1.29 is 9.32 Å². The molecule has 1 atom stereocenters. The van der Waals surface area contributed by atoms with Gasteiger partial charge in [0.2, 0.25) is 11.7 Å². The van der Waals surface area contributed by atoms with E-state index < -0.39 is 0 Å². The molecule has 1 aromatic heterocycles. The molecule has 21 heavy (non-hydrogen) atoms. The second kappa shape index (κ2) is 5.65. The summed E-state index contributed by atoms with van der Waals surface area (Å²) in [4.78, 5) is 18.6. The molecule has 6 heteroatoms. The van der Waals surface area contributed by atoms with Crippen LogP contribution in [0.25, 0.3) is 11.4 Å². The van der Waals surface area contributed by atoms with Gasteiger partial charge in [-0.2, -0.15) is 4.98 Å². The molecule has 1 fully saturated rings. The van der Waals surface area contributed by atoms with Gasteiger partial charge < -0.3 is 14.7 Å². The van der Waals surface area contributed by atoms with Crippen LogP contribution in [0, 0.1) is 6.92 Å². The summed E-state index contributed by atoms with van der Waals surface area (Å²) >= 11 is 0. The van der Waals surface area contributed by atoms with Gasteiger partial charge in [-0.3, -0.25) is 4.79 Å². The van der Waals surface area contributed by atoms with Gasteiger partial charge >= 0.3 is 0 Å². The first-order chi connectivity index (χ1) is 10.1. The highest BCUT2D eigenvalue weighted by atomic mass is 16.5. The zero-order valence-corrected chi connectivity index (χ0v) is 12.2. The first-order valence-electron chi connectivity index (χ1n) is 7.07. The Kier molecular flexibility index (Phi) is 3.70. The molecule has 1 aromatic carbocycles. The molecule has 1 saturated heterocycles. The lowest BCUT2D eigenvalue weighted by Gasteiger charge is -2.32. The van der Waals surface area contributed by atoms with Gasteiger partial charge in [0, 0.05) is 43.7 Å². The highest BCUT2D eigenvalue weighted by molar-refractivity contribution is 5.95. The average Bonchev–Trinajstić information content (AvgIpc) is 2.93. The topological polar surface area (TPSA) is 71.3 Å². The highest BCUT2D eigenvalue weighted by Gasteiger charge is 2.22. The number of carbonyl (C=O) groups is 1. The zero-order valence-electron chi connectivity index (χ0n) is 12.2. The predicted molar refractivity (Wildman–Crippen MR) is 77.8 cm³/mol. The molecular formula is C15H18N4O2. The number of benzene rings is 1. The molecule has 1 aliphatic heterocycles. The molecule has 1 aliphatic rings. The van der Waals surface area contributed by atoms with Gasteiger partial charge in [-0.1, -0.05) is 17.3 Å². The lowest BCUT2D eigenvalue weighted by atomic mass is 10.1. The number of rotatable bonds is 2. The summed E-state index contributed by atoms with van der Waals surface area (Å²) in [6.07, 6.45) is 0. The molecule has 0 saturated carbocycles. The Bertz CT molecular complexity index is 653. The minimum absolute atomic E-state index is 0.0467. The van der Waals surface area contributed by atoms with Gasteiger partial charge in [0.25, 0.3) is 5.91 Å². The maximum absolute atomic E-state index is 12.6. The number of hydrogen-bond acceptors (Lipinski definition) is 5. The Balaban J connectivity index is 1.84. The van der Waals surface area contributed by atoms with Crippen LogP contribution in [0.4, 0.5) is 0 Å². The standard InChI is InChI=1S/C15H18N4O2/c1-10-9-19(7-6-16-10)15(20)13-5-3-4-12(8-13)14-17-11(2)21-18-14/h3-5,8,10,16H,6-7,9H2,1-2H3/t10-/m0/s1. The number of hydrogen-bond donors (Lipinski definition) is 1. The van der Waals surface area contributed by atoms with Crippen molar-refractivity contribution in [3.8, 4) is 11.4 Å².